The molecule has 0 spiro atoms. The maximum absolute atomic E-state index is 12.8. The zero-order valence-electron chi connectivity index (χ0n) is 16.2. The molecule has 0 saturated carbocycles. The Balaban J connectivity index is 3.29. The molecule has 146 valence electrons. The second-order valence-corrected chi connectivity index (χ2v) is 7.85. The molecule has 0 aliphatic heterocycles. The van der Waals surface area contributed by atoms with Crippen LogP contribution in [0.1, 0.15) is 33.3 Å². The number of carbonyl (C=O) groups excluding carboxylic acids is 1. The molecule has 8 nitrogen and oxygen atoms in total. The van der Waals surface area contributed by atoms with Crippen molar-refractivity contribution in [3.8, 4) is 0 Å². The second-order valence-electron chi connectivity index (χ2n) is 6.17. The zero-order chi connectivity index (χ0) is 19.9. The van der Waals surface area contributed by atoms with Crippen molar-refractivity contribution < 1.29 is 17.9 Å². The van der Waals surface area contributed by atoms with E-state index in [0.29, 0.717) is 13.1 Å². The lowest BCUT2D eigenvalue weighted by molar-refractivity contribution is -0.143. The fraction of sp³-hybridized carbons (Fsp3) is 0.588. The van der Waals surface area contributed by atoms with Crippen LogP contribution in [0, 0.1) is 12.8 Å². The molecule has 0 saturated heterocycles. The Morgan fingerprint density at radius 1 is 1.27 bits per heavy atom. The molecule has 0 bridgehead atoms. The molecule has 0 aliphatic rings. The number of hydrogen-bond acceptors (Lipinski definition) is 6. The van der Waals surface area contributed by atoms with Crippen molar-refractivity contribution in [3.63, 3.8) is 0 Å². The first kappa shape index (κ1) is 22.0. The Kier molecular flexibility index (Phi) is 8.16. The van der Waals surface area contributed by atoms with Gasteiger partial charge in [-0.3, -0.25) is 9.80 Å². The predicted octanol–water partition coefficient (Wildman–Crippen LogP) is 2.81. The SMILES string of the molecule is CCN(CC)N=Nc1cc(C)ccc1S(=O)(=O)N[C@H](C(=O)OC)C(C)C. The number of aryl methyl sites for hydroxylation is 1. The summed E-state index contributed by atoms with van der Waals surface area (Å²) in [6.45, 7) is 10.5. The van der Waals surface area contributed by atoms with Gasteiger partial charge in [0.1, 0.15) is 16.6 Å². The van der Waals surface area contributed by atoms with Gasteiger partial charge in [0.15, 0.2) is 0 Å². The number of sulfonamides is 1. The highest BCUT2D eigenvalue weighted by molar-refractivity contribution is 7.89. The van der Waals surface area contributed by atoms with Gasteiger partial charge in [-0.25, -0.2) is 8.42 Å². The summed E-state index contributed by atoms with van der Waals surface area (Å²) in [4.78, 5) is 11.9. The molecule has 0 unspecified atom stereocenters. The molecule has 0 amide bonds. The third-order valence-corrected chi connectivity index (χ3v) is 5.31. The Bertz CT molecular complexity index is 743. The van der Waals surface area contributed by atoms with Crippen LogP contribution in [0.15, 0.2) is 33.4 Å². The average Bonchev–Trinajstić information content (AvgIpc) is 2.59. The van der Waals surface area contributed by atoms with Crippen molar-refractivity contribution in [2.24, 2.45) is 16.3 Å². The van der Waals surface area contributed by atoms with Crippen molar-refractivity contribution in [2.45, 2.75) is 45.6 Å². The lowest BCUT2D eigenvalue weighted by Gasteiger charge is -2.20. The van der Waals surface area contributed by atoms with Gasteiger partial charge in [0.05, 0.1) is 7.11 Å². The van der Waals surface area contributed by atoms with Crippen LogP contribution in [0.5, 0.6) is 0 Å². The van der Waals surface area contributed by atoms with Crippen molar-refractivity contribution in [2.75, 3.05) is 20.2 Å². The van der Waals surface area contributed by atoms with E-state index in [4.69, 9.17) is 4.74 Å². The monoisotopic (exact) mass is 384 g/mol. The van der Waals surface area contributed by atoms with E-state index in [-0.39, 0.29) is 16.5 Å². The van der Waals surface area contributed by atoms with Crippen molar-refractivity contribution in [1.29, 1.82) is 0 Å². The number of rotatable bonds is 9. The molecule has 0 heterocycles. The summed E-state index contributed by atoms with van der Waals surface area (Å²) in [6, 6.07) is 3.79. The van der Waals surface area contributed by atoms with Crippen LogP contribution in [-0.2, 0) is 19.6 Å². The van der Waals surface area contributed by atoms with Gasteiger partial charge in [-0.1, -0.05) is 25.1 Å². The zero-order valence-corrected chi connectivity index (χ0v) is 17.0. The standard InChI is InChI=1S/C17H28N4O4S/c1-7-21(8-2)20-18-14-11-13(5)9-10-15(14)26(23,24)19-16(12(3)4)17(22)25-6/h9-12,16,19H,7-8H2,1-6H3/t16-/m0/s1. The third kappa shape index (κ3) is 5.77. The molecular formula is C17H28N4O4S. The maximum Gasteiger partial charge on any atom is 0.324 e. The molecule has 0 aromatic heterocycles. The summed E-state index contributed by atoms with van der Waals surface area (Å²) in [6.07, 6.45) is 0. The summed E-state index contributed by atoms with van der Waals surface area (Å²) in [5.74, 6) is -0.912. The minimum Gasteiger partial charge on any atom is -0.468 e. The molecule has 1 aromatic carbocycles. The Hall–Kier alpha value is -2.00. The Morgan fingerprint density at radius 2 is 1.88 bits per heavy atom. The van der Waals surface area contributed by atoms with E-state index in [0.717, 1.165) is 5.56 Å². The number of benzene rings is 1. The largest absolute Gasteiger partial charge is 0.468 e. The molecule has 1 N–H and O–H groups in total. The molecule has 26 heavy (non-hydrogen) atoms. The smallest absolute Gasteiger partial charge is 0.324 e. The van der Waals surface area contributed by atoms with Crippen LogP contribution in [0.25, 0.3) is 0 Å². The van der Waals surface area contributed by atoms with Crippen molar-refractivity contribution in [3.05, 3.63) is 23.8 Å². The summed E-state index contributed by atoms with van der Waals surface area (Å²) in [7, 11) is -2.77. The number of nitrogens with zero attached hydrogens (tertiary/aromatic N) is 3. The third-order valence-electron chi connectivity index (χ3n) is 3.82. The number of esters is 1. The first-order valence-corrected chi connectivity index (χ1v) is 10.0. The highest BCUT2D eigenvalue weighted by atomic mass is 32.2. The topological polar surface area (TPSA) is 100 Å². The van der Waals surface area contributed by atoms with Gasteiger partial charge >= 0.3 is 5.97 Å². The minimum absolute atomic E-state index is 0.0337. The van der Waals surface area contributed by atoms with E-state index in [1.807, 2.05) is 20.8 Å². The van der Waals surface area contributed by atoms with Crippen molar-refractivity contribution >= 4 is 21.7 Å². The van der Waals surface area contributed by atoms with Crippen LogP contribution in [0.4, 0.5) is 5.69 Å². The van der Waals surface area contributed by atoms with Crippen LogP contribution < -0.4 is 4.72 Å². The van der Waals surface area contributed by atoms with E-state index >= 15 is 0 Å². The molecule has 0 radical (unpaired) electrons. The van der Waals surface area contributed by atoms with Crippen LogP contribution in [-0.4, -0.2) is 45.6 Å². The fourth-order valence-electron chi connectivity index (χ4n) is 2.21. The maximum atomic E-state index is 12.8. The van der Waals surface area contributed by atoms with Crippen LogP contribution in [0.2, 0.25) is 0 Å². The molecule has 1 rings (SSSR count). The van der Waals surface area contributed by atoms with E-state index < -0.39 is 22.0 Å². The molecule has 1 aromatic rings. The normalized spacial score (nSPS) is 13.2. The quantitative estimate of drug-likeness (QED) is 0.401. The highest BCUT2D eigenvalue weighted by Crippen LogP contribution is 2.27. The molecular weight excluding hydrogens is 356 g/mol. The molecule has 1 atom stereocenters. The lowest BCUT2D eigenvalue weighted by Crippen LogP contribution is -2.44. The molecule has 0 aliphatic carbocycles. The van der Waals surface area contributed by atoms with Crippen molar-refractivity contribution in [1.82, 2.24) is 9.73 Å². The van der Waals surface area contributed by atoms with E-state index in [9.17, 15) is 13.2 Å². The van der Waals surface area contributed by atoms with E-state index in [1.54, 1.807) is 31.0 Å². The first-order chi connectivity index (χ1) is 12.2. The van der Waals surface area contributed by atoms with Gasteiger partial charge in [0.2, 0.25) is 10.0 Å². The summed E-state index contributed by atoms with van der Waals surface area (Å²) >= 11 is 0. The summed E-state index contributed by atoms with van der Waals surface area (Å²) in [5, 5.41) is 9.90. The van der Waals surface area contributed by atoms with E-state index in [1.165, 1.54) is 13.2 Å². The molecule has 9 heteroatoms. The average molecular weight is 385 g/mol. The predicted molar refractivity (Wildman–Crippen MR) is 99.6 cm³/mol. The minimum atomic E-state index is -3.99. The van der Waals surface area contributed by atoms with Gasteiger partial charge in [-0.2, -0.15) is 4.72 Å². The molecule has 0 fully saturated rings. The van der Waals surface area contributed by atoms with Crippen LogP contribution >= 0.6 is 0 Å². The van der Waals surface area contributed by atoms with Gasteiger partial charge < -0.3 is 4.74 Å². The van der Waals surface area contributed by atoms with Gasteiger partial charge in [-0.05, 0) is 44.4 Å². The lowest BCUT2D eigenvalue weighted by atomic mass is 10.1. The number of methoxy groups -OCH3 is 1. The first-order valence-electron chi connectivity index (χ1n) is 8.53. The number of hydrogen-bond donors (Lipinski definition) is 1. The second kappa shape index (κ2) is 9.63. The Morgan fingerprint density at radius 3 is 2.38 bits per heavy atom. The number of carbonyl (C=O) groups is 1. The van der Waals surface area contributed by atoms with Crippen LogP contribution in [0.3, 0.4) is 0 Å². The summed E-state index contributed by atoms with van der Waals surface area (Å²) in [5.41, 5.74) is 1.07. The summed E-state index contributed by atoms with van der Waals surface area (Å²) < 4.78 is 32.8. The van der Waals surface area contributed by atoms with Gasteiger partial charge in [-0.15, -0.1) is 5.11 Å². The van der Waals surface area contributed by atoms with Gasteiger partial charge in [0.25, 0.3) is 0 Å². The van der Waals surface area contributed by atoms with Gasteiger partial charge in [0, 0.05) is 13.1 Å². The number of ether oxygens (including phenoxy) is 1. The highest BCUT2D eigenvalue weighted by Gasteiger charge is 2.30. The number of nitrogens with one attached hydrogen (secondary N) is 1. The Labute approximate surface area is 155 Å². The fourth-order valence-corrected chi connectivity index (χ4v) is 3.66. The van der Waals surface area contributed by atoms with E-state index in [2.05, 4.69) is 15.1 Å².